The highest BCUT2D eigenvalue weighted by Gasteiger charge is 2.07. The van der Waals surface area contributed by atoms with Gasteiger partial charge in [0.05, 0.1) is 12.4 Å². The number of carbonyl (C=O) groups excluding carboxylic acids is 1. The van der Waals surface area contributed by atoms with E-state index in [-0.39, 0.29) is 24.8 Å². The molecule has 0 aliphatic rings. The summed E-state index contributed by atoms with van der Waals surface area (Å²) in [5.74, 6) is 0.580. The highest BCUT2D eigenvalue weighted by atomic mass is 35.5. The first-order chi connectivity index (χ1) is 11.2. The summed E-state index contributed by atoms with van der Waals surface area (Å²) in [6.07, 6.45) is 0. The maximum atomic E-state index is 11.5. The number of nitrogens with one attached hydrogen (secondary N) is 2. The number of thioether (sulfide) groups is 1. The number of amides is 1. The van der Waals surface area contributed by atoms with Crippen molar-refractivity contribution in [3.63, 3.8) is 0 Å². The van der Waals surface area contributed by atoms with Crippen LogP contribution in [0, 0.1) is 0 Å². The van der Waals surface area contributed by atoms with Crippen molar-refractivity contribution in [2.24, 2.45) is 0 Å². The van der Waals surface area contributed by atoms with E-state index in [9.17, 15) is 4.79 Å². The van der Waals surface area contributed by atoms with E-state index < -0.39 is 0 Å². The van der Waals surface area contributed by atoms with Gasteiger partial charge >= 0.3 is 0 Å². The van der Waals surface area contributed by atoms with Crippen molar-refractivity contribution >= 4 is 35.1 Å². The summed E-state index contributed by atoms with van der Waals surface area (Å²) in [4.78, 5) is 19.9. The molecule has 0 aliphatic heterocycles. The SMILES string of the molecule is O=C(CSc1nc(Cl)cc(NCc2ccccc2)n1)NCCO. The van der Waals surface area contributed by atoms with Gasteiger partial charge in [0, 0.05) is 19.2 Å². The summed E-state index contributed by atoms with van der Waals surface area (Å²) < 4.78 is 0. The Balaban J connectivity index is 1.91. The third-order valence-electron chi connectivity index (χ3n) is 2.76. The molecule has 0 saturated heterocycles. The molecule has 0 radical (unpaired) electrons. The highest BCUT2D eigenvalue weighted by molar-refractivity contribution is 7.99. The van der Waals surface area contributed by atoms with E-state index in [1.54, 1.807) is 6.07 Å². The molecule has 0 aliphatic carbocycles. The summed E-state index contributed by atoms with van der Waals surface area (Å²) in [6.45, 7) is 0.770. The first kappa shape index (κ1) is 17.5. The van der Waals surface area contributed by atoms with Gasteiger partial charge in [0.15, 0.2) is 5.16 Å². The molecule has 3 N–H and O–H groups in total. The van der Waals surface area contributed by atoms with Crippen LogP contribution in [-0.2, 0) is 11.3 Å². The van der Waals surface area contributed by atoms with Gasteiger partial charge in [-0.2, -0.15) is 0 Å². The zero-order valence-corrected chi connectivity index (χ0v) is 13.9. The summed E-state index contributed by atoms with van der Waals surface area (Å²) in [6, 6.07) is 11.6. The second-order valence-electron chi connectivity index (χ2n) is 4.56. The van der Waals surface area contributed by atoms with Gasteiger partial charge < -0.3 is 15.7 Å². The molecule has 2 aromatic rings. The van der Waals surface area contributed by atoms with Crippen LogP contribution in [-0.4, -0.2) is 39.9 Å². The average molecular weight is 353 g/mol. The van der Waals surface area contributed by atoms with Crippen LogP contribution >= 0.6 is 23.4 Å². The molecule has 1 aromatic heterocycles. The van der Waals surface area contributed by atoms with Crippen LogP contribution in [0.2, 0.25) is 5.15 Å². The maximum absolute atomic E-state index is 11.5. The van der Waals surface area contributed by atoms with Gasteiger partial charge in [0.25, 0.3) is 0 Å². The van der Waals surface area contributed by atoms with E-state index in [0.717, 1.165) is 5.56 Å². The molecule has 0 spiro atoms. The highest BCUT2D eigenvalue weighted by Crippen LogP contribution is 2.19. The van der Waals surface area contributed by atoms with Crippen molar-refractivity contribution in [1.82, 2.24) is 15.3 Å². The van der Waals surface area contributed by atoms with E-state index in [1.165, 1.54) is 11.8 Å². The normalized spacial score (nSPS) is 10.3. The van der Waals surface area contributed by atoms with Crippen molar-refractivity contribution < 1.29 is 9.90 Å². The quantitative estimate of drug-likeness (QED) is 0.382. The number of hydrogen-bond donors (Lipinski definition) is 3. The minimum Gasteiger partial charge on any atom is -0.395 e. The molecular weight excluding hydrogens is 336 g/mol. The lowest BCUT2D eigenvalue weighted by atomic mass is 10.2. The minimum absolute atomic E-state index is 0.0857. The van der Waals surface area contributed by atoms with Crippen LogP contribution in [0.3, 0.4) is 0 Å². The third-order valence-corrected chi connectivity index (χ3v) is 3.80. The Kier molecular flexibility index (Phi) is 7.12. The Morgan fingerprint density at radius 1 is 1.26 bits per heavy atom. The van der Waals surface area contributed by atoms with Gasteiger partial charge in [0.1, 0.15) is 11.0 Å². The monoisotopic (exact) mass is 352 g/mol. The fourth-order valence-corrected chi connectivity index (χ4v) is 2.64. The number of aliphatic hydroxyl groups is 1. The number of hydrogen-bond acceptors (Lipinski definition) is 6. The van der Waals surface area contributed by atoms with E-state index >= 15 is 0 Å². The number of benzene rings is 1. The number of anilines is 1. The first-order valence-electron chi connectivity index (χ1n) is 7.00. The van der Waals surface area contributed by atoms with Gasteiger partial charge in [-0.3, -0.25) is 4.79 Å². The van der Waals surface area contributed by atoms with Gasteiger partial charge in [0.2, 0.25) is 5.91 Å². The number of aliphatic hydroxyl groups excluding tert-OH is 1. The van der Waals surface area contributed by atoms with E-state index in [2.05, 4.69) is 20.6 Å². The Morgan fingerprint density at radius 2 is 2.04 bits per heavy atom. The Morgan fingerprint density at radius 3 is 2.78 bits per heavy atom. The molecule has 2 rings (SSSR count). The number of carbonyl (C=O) groups is 1. The van der Waals surface area contributed by atoms with Gasteiger partial charge in [-0.15, -0.1) is 0 Å². The number of aromatic nitrogens is 2. The molecule has 0 saturated carbocycles. The van der Waals surface area contributed by atoms with Gasteiger partial charge in [-0.25, -0.2) is 9.97 Å². The molecule has 0 atom stereocenters. The molecule has 23 heavy (non-hydrogen) atoms. The standard InChI is InChI=1S/C15H17ClN4O2S/c16-12-8-13(18-9-11-4-2-1-3-5-11)20-15(19-12)23-10-14(22)17-6-7-21/h1-5,8,21H,6-7,9-10H2,(H,17,22)(H,18,19,20). The molecule has 122 valence electrons. The molecular formula is C15H17ClN4O2S. The van der Waals surface area contributed by atoms with Crippen molar-refractivity contribution in [2.45, 2.75) is 11.7 Å². The van der Waals surface area contributed by atoms with E-state index in [4.69, 9.17) is 16.7 Å². The fraction of sp³-hybridized carbons (Fsp3) is 0.267. The molecule has 1 amide bonds. The molecule has 0 unspecified atom stereocenters. The van der Waals surface area contributed by atoms with Crippen LogP contribution < -0.4 is 10.6 Å². The van der Waals surface area contributed by atoms with Gasteiger partial charge in [-0.1, -0.05) is 53.7 Å². The third kappa shape index (κ3) is 6.43. The van der Waals surface area contributed by atoms with Crippen LogP contribution in [0.5, 0.6) is 0 Å². The first-order valence-corrected chi connectivity index (χ1v) is 8.36. The Bertz CT molecular complexity index is 643. The van der Waals surface area contributed by atoms with Crippen LogP contribution in [0.4, 0.5) is 5.82 Å². The Hall–Kier alpha value is -1.83. The zero-order valence-electron chi connectivity index (χ0n) is 12.3. The van der Waals surface area contributed by atoms with Crippen LogP contribution in [0.15, 0.2) is 41.6 Å². The van der Waals surface area contributed by atoms with Crippen LogP contribution in [0.1, 0.15) is 5.56 Å². The lowest BCUT2D eigenvalue weighted by Crippen LogP contribution is -2.27. The van der Waals surface area contributed by atoms with Crippen molar-refractivity contribution in [3.8, 4) is 0 Å². The largest absolute Gasteiger partial charge is 0.395 e. The number of nitrogens with zero attached hydrogens (tertiary/aromatic N) is 2. The second kappa shape index (κ2) is 9.34. The van der Waals surface area contributed by atoms with Crippen molar-refractivity contribution in [2.75, 3.05) is 24.2 Å². The topological polar surface area (TPSA) is 87.1 Å². The molecule has 6 nitrogen and oxygen atoms in total. The lowest BCUT2D eigenvalue weighted by molar-refractivity contribution is -0.118. The second-order valence-corrected chi connectivity index (χ2v) is 5.89. The average Bonchev–Trinajstić information content (AvgIpc) is 2.57. The molecule has 8 heteroatoms. The predicted molar refractivity (Wildman–Crippen MR) is 91.6 cm³/mol. The fourth-order valence-electron chi connectivity index (χ4n) is 1.72. The molecule has 1 heterocycles. The zero-order chi connectivity index (χ0) is 16.5. The maximum Gasteiger partial charge on any atom is 0.230 e. The predicted octanol–water partition coefficient (Wildman–Crippen LogP) is 1.94. The number of rotatable bonds is 8. The molecule has 0 fully saturated rings. The molecule has 0 bridgehead atoms. The minimum atomic E-state index is -0.188. The van der Waals surface area contributed by atoms with E-state index in [1.807, 2.05) is 30.3 Å². The summed E-state index contributed by atoms with van der Waals surface area (Å²) >= 11 is 7.18. The Labute approximate surface area is 143 Å². The smallest absolute Gasteiger partial charge is 0.230 e. The molecule has 1 aromatic carbocycles. The van der Waals surface area contributed by atoms with Crippen LogP contribution in [0.25, 0.3) is 0 Å². The summed E-state index contributed by atoms with van der Waals surface area (Å²) in [5.41, 5.74) is 1.12. The summed E-state index contributed by atoms with van der Waals surface area (Å²) in [5, 5.41) is 15.1. The van der Waals surface area contributed by atoms with Crippen molar-refractivity contribution in [1.29, 1.82) is 0 Å². The summed E-state index contributed by atoms with van der Waals surface area (Å²) in [7, 11) is 0. The van der Waals surface area contributed by atoms with Crippen molar-refractivity contribution in [3.05, 3.63) is 47.1 Å². The van der Waals surface area contributed by atoms with Gasteiger partial charge in [-0.05, 0) is 5.56 Å². The number of halogens is 1. The lowest BCUT2D eigenvalue weighted by Gasteiger charge is -2.08. The van der Waals surface area contributed by atoms with E-state index in [0.29, 0.717) is 22.7 Å².